The molecule has 2 rings (SSSR count). The summed E-state index contributed by atoms with van der Waals surface area (Å²) in [6, 6.07) is 14.7. The van der Waals surface area contributed by atoms with Gasteiger partial charge in [0.15, 0.2) is 0 Å². The van der Waals surface area contributed by atoms with Gasteiger partial charge in [0, 0.05) is 31.4 Å². The molecule has 2 aromatic carbocycles. The van der Waals surface area contributed by atoms with E-state index in [0.29, 0.717) is 24.6 Å². The molecule has 0 saturated carbocycles. The number of benzene rings is 2. The number of carbonyl (C=O) groups excluding carboxylic acids is 1. The molecule has 0 aliphatic rings. The number of carbonyl (C=O) groups is 1. The van der Waals surface area contributed by atoms with Gasteiger partial charge in [-0.1, -0.05) is 18.2 Å². The van der Waals surface area contributed by atoms with E-state index in [2.05, 4.69) is 24.1 Å². The molecule has 0 atom stereocenters. The van der Waals surface area contributed by atoms with Crippen molar-refractivity contribution in [2.75, 3.05) is 41.7 Å². The SMILES string of the molecule is CCOc1cccc(N(CC(=O)NCc2ccc(N(CC)CC)cc2)S(C)(=O)=O)c1. The van der Waals surface area contributed by atoms with E-state index in [1.165, 1.54) is 0 Å². The molecule has 0 aliphatic carbocycles. The molecule has 0 unspecified atom stereocenters. The molecule has 8 heteroatoms. The Morgan fingerprint density at radius 1 is 1.00 bits per heavy atom. The van der Waals surface area contributed by atoms with Crippen LogP contribution in [-0.2, 0) is 21.4 Å². The summed E-state index contributed by atoms with van der Waals surface area (Å²) in [5, 5.41) is 2.80. The average Bonchev–Trinajstić information content (AvgIpc) is 2.72. The van der Waals surface area contributed by atoms with Crippen molar-refractivity contribution in [1.82, 2.24) is 5.32 Å². The van der Waals surface area contributed by atoms with Gasteiger partial charge in [-0.25, -0.2) is 8.42 Å². The molecule has 30 heavy (non-hydrogen) atoms. The summed E-state index contributed by atoms with van der Waals surface area (Å²) in [6.45, 7) is 8.42. The predicted octanol–water partition coefficient (Wildman–Crippen LogP) is 3.01. The molecule has 0 spiro atoms. The second-order valence-corrected chi connectivity index (χ2v) is 8.72. The molecule has 0 fully saturated rings. The van der Waals surface area contributed by atoms with Crippen molar-refractivity contribution in [3.63, 3.8) is 0 Å². The van der Waals surface area contributed by atoms with Crippen LogP contribution in [0, 0.1) is 0 Å². The predicted molar refractivity (Wildman–Crippen MR) is 122 cm³/mol. The van der Waals surface area contributed by atoms with E-state index in [4.69, 9.17) is 4.74 Å². The summed E-state index contributed by atoms with van der Waals surface area (Å²) in [5.74, 6) is 0.174. The number of hydrogen-bond donors (Lipinski definition) is 1. The van der Waals surface area contributed by atoms with Gasteiger partial charge in [-0.05, 0) is 50.6 Å². The first-order valence-electron chi connectivity index (χ1n) is 10.1. The Morgan fingerprint density at radius 3 is 2.23 bits per heavy atom. The third-order valence-electron chi connectivity index (χ3n) is 4.66. The lowest BCUT2D eigenvalue weighted by Crippen LogP contribution is -2.40. The number of anilines is 2. The smallest absolute Gasteiger partial charge is 0.241 e. The Balaban J connectivity index is 2.04. The van der Waals surface area contributed by atoms with Gasteiger partial charge in [-0.2, -0.15) is 0 Å². The van der Waals surface area contributed by atoms with E-state index >= 15 is 0 Å². The fourth-order valence-corrected chi connectivity index (χ4v) is 3.94. The number of rotatable bonds is 11. The molecule has 0 heterocycles. The van der Waals surface area contributed by atoms with Crippen molar-refractivity contribution in [2.45, 2.75) is 27.3 Å². The Morgan fingerprint density at radius 2 is 1.67 bits per heavy atom. The van der Waals surface area contributed by atoms with Crippen LogP contribution in [0.3, 0.4) is 0 Å². The number of sulfonamides is 1. The van der Waals surface area contributed by atoms with Crippen LogP contribution < -0.4 is 19.3 Å². The highest BCUT2D eigenvalue weighted by Crippen LogP contribution is 2.23. The van der Waals surface area contributed by atoms with Crippen LogP contribution in [0.1, 0.15) is 26.3 Å². The zero-order valence-corrected chi connectivity index (χ0v) is 18.9. The summed E-state index contributed by atoms with van der Waals surface area (Å²) in [7, 11) is -3.64. The minimum Gasteiger partial charge on any atom is -0.494 e. The maximum atomic E-state index is 12.5. The van der Waals surface area contributed by atoms with E-state index in [1.54, 1.807) is 24.3 Å². The summed E-state index contributed by atoms with van der Waals surface area (Å²) in [6.07, 6.45) is 1.08. The normalized spacial score (nSPS) is 11.1. The molecule has 7 nitrogen and oxygen atoms in total. The zero-order valence-electron chi connectivity index (χ0n) is 18.1. The Labute approximate surface area is 179 Å². The van der Waals surface area contributed by atoms with Gasteiger partial charge in [-0.3, -0.25) is 9.10 Å². The number of amides is 1. The monoisotopic (exact) mass is 433 g/mol. The van der Waals surface area contributed by atoms with Gasteiger partial charge in [-0.15, -0.1) is 0 Å². The Bertz CT molecular complexity index is 926. The first kappa shape index (κ1) is 23.5. The van der Waals surface area contributed by atoms with Crippen LogP contribution in [0.15, 0.2) is 48.5 Å². The van der Waals surface area contributed by atoms with E-state index in [1.807, 2.05) is 31.2 Å². The molecule has 0 aromatic heterocycles. The highest BCUT2D eigenvalue weighted by Gasteiger charge is 2.21. The topological polar surface area (TPSA) is 79.0 Å². The lowest BCUT2D eigenvalue weighted by Gasteiger charge is -2.22. The van der Waals surface area contributed by atoms with Crippen LogP contribution >= 0.6 is 0 Å². The highest BCUT2D eigenvalue weighted by molar-refractivity contribution is 7.92. The number of ether oxygens (including phenoxy) is 1. The van der Waals surface area contributed by atoms with Crippen LogP contribution in [-0.4, -0.2) is 46.8 Å². The molecule has 0 aliphatic heterocycles. The Kier molecular flexibility index (Phi) is 8.53. The third kappa shape index (κ3) is 6.66. The van der Waals surface area contributed by atoms with E-state index in [9.17, 15) is 13.2 Å². The Hall–Kier alpha value is -2.74. The summed E-state index contributed by atoms with van der Waals surface area (Å²) in [4.78, 5) is 14.7. The van der Waals surface area contributed by atoms with Crippen molar-refractivity contribution in [1.29, 1.82) is 0 Å². The van der Waals surface area contributed by atoms with Crippen LogP contribution in [0.25, 0.3) is 0 Å². The third-order valence-corrected chi connectivity index (χ3v) is 5.80. The van der Waals surface area contributed by atoms with E-state index in [-0.39, 0.29) is 12.5 Å². The summed E-state index contributed by atoms with van der Waals surface area (Å²) >= 11 is 0. The quantitative estimate of drug-likeness (QED) is 0.589. The van der Waals surface area contributed by atoms with Gasteiger partial charge < -0.3 is 15.0 Å². The zero-order chi connectivity index (χ0) is 22.1. The highest BCUT2D eigenvalue weighted by atomic mass is 32.2. The molecule has 1 amide bonds. The fourth-order valence-electron chi connectivity index (χ4n) is 3.10. The molecule has 0 saturated heterocycles. The summed E-state index contributed by atoms with van der Waals surface area (Å²) < 4.78 is 31.1. The lowest BCUT2D eigenvalue weighted by molar-refractivity contribution is -0.119. The van der Waals surface area contributed by atoms with E-state index in [0.717, 1.165) is 34.9 Å². The van der Waals surface area contributed by atoms with Crippen LogP contribution in [0.5, 0.6) is 5.75 Å². The first-order valence-corrected chi connectivity index (χ1v) is 11.9. The van der Waals surface area contributed by atoms with Gasteiger partial charge in [0.25, 0.3) is 0 Å². The van der Waals surface area contributed by atoms with Gasteiger partial charge >= 0.3 is 0 Å². The van der Waals surface area contributed by atoms with Gasteiger partial charge in [0.2, 0.25) is 15.9 Å². The second-order valence-electron chi connectivity index (χ2n) is 6.82. The minimum atomic E-state index is -3.64. The lowest BCUT2D eigenvalue weighted by atomic mass is 10.2. The largest absolute Gasteiger partial charge is 0.494 e. The number of nitrogens with zero attached hydrogens (tertiary/aromatic N) is 2. The second kappa shape index (κ2) is 10.9. The van der Waals surface area contributed by atoms with Crippen molar-refractivity contribution in [2.24, 2.45) is 0 Å². The minimum absolute atomic E-state index is 0.300. The van der Waals surface area contributed by atoms with Crippen LogP contribution in [0.2, 0.25) is 0 Å². The molecular formula is C22H31N3O4S. The van der Waals surface area contributed by atoms with Gasteiger partial charge in [0.1, 0.15) is 12.3 Å². The fraction of sp³-hybridized carbons (Fsp3) is 0.409. The van der Waals surface area contributed by atoms with Crippen molar-refractivity contribution >= 4 is 27.3 Å². The molecule has 164 valence electrons. The van der Waals surface area contributed by atoms with Crippen molar-refractivity contribution in [3.05, 3.63) is 54.1 Å². The molecule has 1 N–H and O–H groups in total. The molecule has 0 bridgehead atoms. The number of nitrogens with one attached hydrogen (secondary N) is 1. The maximum Gasteiger partial charge on any atom is 0.241 e. The molecule has 0 radical (unpaired) electrons. The maximum absolute atomic E-state index is 12.5. The van der Waals surface area contributed by atoms with E-state index < -0.39 is 10.0 Å². The molecule has 2 aromatic rings. The average molecular weight is 434 g/mol. The summed E-state index contributed by atoms with van der Waals surface area (Å²) in [5.41, 5.74) is 2.47. The molecular weight excluding hydrogens is 402 g/mol. The number of hydrogen-bond acceptors (Lipinski definition) is 5. The van der Waals surface area contributed by atoms with Gasteiger partial charge in [0.05, 0.1) is 18.6 Å². The van der Waals surface area contributed by atoms with Crippen molar-refractivity contribution in [3.8, 4) is 5.75 Å². The van der Waals surface area contributed by atoms with Crippen molar-refractivity contribution < 1.29 is 17.9 Å². The standard InChI is InChI=1S/C22H31N3O4S/c1-5-24(6-2)19-13-11-18(12-14-19)16-23-22(26)17-25(30(4,27)28)20-9-8-10-21(15-20)29-7-3/h8-15H,5-7,16-17H2,1-4H3,(H,23,26). The van der Waals surface area contributed by atoms with Crippen LogP contribution in [0.4, 0.5) is 11.4 Å². The first-order chi connectivity index (χ1) is 14.3.